The van der Waals surface area contributed by atoms with Gasteiger partial charge in [-0.25, -0.2) is 9.78 Å². The number of hydrogen-bond acceptors (Lipinski definition) is 4. The molecule has 0 spiro atoms. The van der Waals surface area contributed by atoms with Crippen LogP contribution in [-0.4, -0.2) is 29.1 Å². The molecule has 2 rings (SSSR count). The number of rotatable bonds is 8. The van der Waals surface area contributed by atoms with E-state index in [4.69, 9.17) is 10.5 Å². The minimum atomic E-state index is -0.694. The molecule has 1 aliphatic carbocycles. The van der Waals surface area contributed by atoms with Crippen LogP contribution in [0.4, 0.5) is 4.79 Å². The van der Waals surface area contributed by atoms with Gasteiger partial charge in [0.2, 0.25) is 11.8 Å². The Bertz CT molecular complexity index is 573. The van der Waals surface area contributed by atoms with Crippen LogP contribution in [0.25, 0.3) is 0 Å². The van der Waals surface area contributed by atoms with Crippen molar-refractivity contribution in [3.05, 3.63) is 23.9 Å². The number of hydrogen-bond donors (Lipinski definition) is 3. The van der Waals surface area contributed by atoms with Gasteiger partial charge in [0.25, 0.3) is 0 Å². The Morgan fingerprint density at radius 3 is 2.80 bits per heavy atom. The first-order valence-corrected chi connectivity index (χ1v) is 9.03. The van der Waals surface area contributed by atoms with Gasteiger partial charge < -0.3 is 21.1 Å². The first kappa shape index (κ1) is 19.0. The van der Waals surface area contributed by atoms with Crippen molar-refractivity contribution >= 4 is 11.9 Å². The number of amides is 3. The molecule has 3 amide bonds. The van der Waals surface area contributed by atoms with Gasteiger partial charge in [0, 0.05) is 18.8 Å². The number of aromatic nitrogens is 1. The number of pyridine rings is 1. The Balaban J connectivity index is 1.87. The van der Waals surface area contributed by atoms with Crippen LogP contribution in [0.1, 0.15) is 57.4 Å². The molecule has 0 aliphatic heterocycles. The molecule has 7 heteroatoms. The molecular weight excluding hydrogens is 320 g/mol. The highest BCUT2D eigenvalue weighted by atomic mass is 16.5. The number of primary amides is 1. The van der Waals surface area contributed by atoms with E-state index in [-0.39, 0.29) is 12.0 Å². The number of urea groups is 1. The fourth-order valence-electron chi connectivity index (χ4n) is 3.02. The molecule has 1 aliphatic rings. The quantitative estimate of drug-likeness (QED) is 0.670. The van der Waals surface area contributed by atoms with Gasteiger partial charge in [-0.3, -0.25) is 4.79 Å². The van der Waals surface area contributed by atoms with Gasteiger partial charge in [0.15, 0.2) is 0 Å². The lowest BCUT2D eigenvalue weighted by molar-refractivity contribution is -0.123. The van der Waals surface area contributed by atoms with E-state index in [9.17, 15) is 9.59 Å². The van der Waals surface area contributed by atoms with E-state index in [1.54, 1.807) is 6.20 Å². The van der Waals surface area contributed by atoms with Gasteiger partial charge in [-0.15, -0.1) is 0 Å². The van der Waals surface area contributed by atoms with E-state index < -0.39 is 12.1 Å². The predicted octanol–water partition coefficient (Wildman–Crippen LogP) is 2.25. The standard InChI is InChI=1S/C18H28N4O3/c1-2-6-15(22-18(19)24)17(23)21-12-13-9-10-20-16(11-13)25-14-7-4-3-5-8-14/h9-11,14-15H,2-8,12H2,1H3,(H,21,23)(H3,19,22,24)/t15-/m0/s1. The van der Waals surface area contributed by atoms with E-state index >= 15 is 0 Å². The van der Waals surface area contributed by atoms with Crippen LogP contribution in [0, 0.1) is 0 Å². The molecule has 1 aromatic heterocycles. The molecule has 4 N–H and O–H groups in total. The van der Waals surface area contributed by atoms with Gasteiger partial charge in [0.05, 0.1) is 0 Å². The second kappa shape index (κ2) is 9.86. The zero-order valence-electron chi connectivity index (χ0n) is 14.8. The summed E-state index contributed by atoms with van der Waals surface area (Å²) in [5.74, 6) is 0.353. The Kier molecular flexibility index (Phi) is 7.50. The summed E-state index contributed by atoms with van der Waals surface area (Å²) < 4.78 is 5.94. The van der Waals surface area contributed by atoms with Crippen LogP contribution in [0.3, 0.4) is 0 Å². The van der Waals surface area contributed by atoms with Crippen molar-refractivity contribution in [1.29, 1.82) is 0 Å². The molecule has 1 heterocycles. The van der Waals surface area contributed by atoms with Crippen molar-refractivity contribution in [1.82, 2.24) is 15.6 Å². The van der Waals surface area contributed by atoms with E-state index in [1.165, 1.54) is 19.3 Å². The molecule has 25 heavy (non-hydrogen) atoms. The van der Waals surface area contributed by atoms with Gasteiger partial charge >= 0.3 is 6.03 Å². The summed E-state index contributed by atoms with van der Waals surface area (Å²) in [7, 11) is 0. The fourth-order valence-corrected chi connectivity index (χ4v) is 3.02. The number of nitrogens with two attached hydrogens (primary N) is 1. The lowest BCUT2D eigenvalue weighted by Gasteiger charge is -2.22. The average molecular weight is 348 g/mol. The molecular formula is C18H28N4O3. The van der Waals surface area contributed by atoms with E-state index in [0.717, 1.165) is 24.8 Å². The highest BCUT2D eigenvalue weighted by molar-refractivity contribution is 5.86. The zero-order chi connectivity index (χ0) is 18.1. The summed E-state index contributed by atoms with van der Waals surface area (Å²) in [6, 6.07) is 2.39. The highest BCUT2D eigenvalue weighted by Crippen LogP contribution is 2.22. The SMILES string of the molecule is CCC[C@H](NC(N)=O)C(=O)NCc1ccnc(OC2CCCCC2)c1. The van der Waals surface area contributed by atoms with E-state index in [0.29, 0.717) is 18.8 Å². The topological polar surface area (TPSA) is 106 Å². The zero-order valence-corrected chi connectivity index (χ0v) is 14.8. The molecule has 1 aromatic rings. The van der Waals surface area contributed by atoms with Crippen molar-refractivity contribution in [3.8, 4) is 5.88 Å². The second-order valence-electron chi connectivity index (χ2n) is 6.45. The van der Waals surface area contributed by atoms with Gasteiger partial charge in [-0.05, 0) is 43.7 Å². The molecule has 1 fully saturated rings. The molecule has 1 atom stereocenters. The Labute approximate surface area is 148 Å². The first-order valence-electron chi connectivity index (χ1n) is 9.03. The van der Waals surface area contributed by atoms with Gasteiger partial charge in [-0.2, -0.15) is 0 Å². The number of carbonyl (C=O) groups excluding carboxylic acids is 2. The molecule has 0 saturated heterocycles. The molecule has 0 bridgehead atoms. The number of ether oxygens (including phenoxy) is 1. The monoisotopic (exact) mass is 348 g/mol. The minimum absolute atomic E-state index is 0.236. The molecule has 1 saturated carbocycles. The highest BCUT2D eigenvalue weighted by Gasteiger charge is 2.19. The average Bonchev–Trinajstić information content (AvgIpc) is 2.60. The molecule has 7 nitrogen and oxygen atoms in total. The van der Waals surface area contributed by atoms with Gasteiger partial charge in [0.1, 0.15) is 12.1 Å². The van der Waals surface area contributed by atoms with Crippen molar-refractivity contribution in [3.63, 3.8) is 0 Å². The summed E-state index contributed by atoms with van der Waals surface area (Å²) in [5.41, 5.74) is 6.03. The van der Waals surface area contributed by atoms with Crippen LogP contribution in [0.15, 0.2) is 18.3 Å². The molecule has 0 radical (unpaired) electrons. The molecule has 138 valence electrons. The van der Waals surface area contributed by atoms with Crippen molar-refractivity contribution < 1.29 is 14.3 Å². The van der Waals surface area contributed by atoms with Crippen LogP contribution in [-0.2, 0) is 11.3 Å². The molecule has 0 unspecified atom stereocenters. The smallest absolute Gasteiger partial charge is 0.312 e. The largest absolute Gasteiger partial charge is 0.474 e. The summed E-state index contributed by atoms with van der Waals surface area (Å²) in [6.45, 7) is 2.30. The van der Waals surface area contributed by atoms with Crippen LogP contribution in [0.5, 0.6) is 5.88 Å². The maximum absolute atomic E-state index is 12.2. The van der Waals surface area contributed by atoms with Crippen LogP contribution < -0.4 is 21.1 Å². The summed E-state index contributed by atoms with van der Waals surface area (Å²) in [4.78, 5) is 27.5. The first-order chi connectivity index (χ1) is 12.1. The Morgan fingerprint density at radius 1 is 1.36 bits per heavy atom. The number of nitrogens with zero attached hydrogens (tertiary/aromatic N) is 1. The van der Waals surface area contributed by atoms with Gasteiger partial charge in [-0.1, -0.05) is 19.8 Å². The number of carbonyl (C=O) groups is 2. The molecule has 0 aromatic carbocycles. The lowest BCUT2D eigenvalue weighted by Crippen LogP contribution is -2.48. The van der Waals surface area contributed by atoms with Crippen LogP contribution in [0.2, 0.25) is 0 Å². The maximum atomic E-state index is 12.2. The Hall–Kier alpha value is -2.31. The Morgan fingerprint density at radius 2 is 2.12 bits per heavy atom. The number of nitrogens with one attached hydrogen (secondary N) is 2. The van der Waals surface area contributed by atoms with Crippen LogP contribution >= 0.6 is 0 Å². The summed E-state index contributed by atoms with van der Waals surface area (Å²) in [5, 5.41) is 5.30. The predicted molar refractivity (Wildman–Crippen MR) is 95.0 cm³/mol. The van der Waals surface area contributed by atoms with Crippen molar-refractivity contribution in [2.75, 3.05) is 0 Å². The normalized spacial score (nSPS) is 16.0. The maximum Gasteiger partial charge on any atom is 0.312 e. The van der Waals surface area contributed by atoms with Crippen molar-refractivity contribution in [2.24, 2.45) is 5.73 Å². The third-order valence-electron chi connectivity index (χ3n) is 4.32. The fraction of sp³-hybridized carbons (Fsp3) is 0.611. The second-order valence-corrected chi connectivity index (χ2v) is 6.45. The summed E-state index contributed by atoms with van der Waals surface area (Å²) >= 11 is 0. The van der Waals surface area contributed by atoms with E-state index in [2.05, 4.69) is 15.6 Å². The summed E-state index contributed by atoms with van der Waals surface area (Å²) in [6.07, 6.45) is 9.05. The third-order valence-corrected chi connectivity index (χ3v) is 4.32. The lowest BCUT2D eigenvalue weighted by atomic mass is 9.98. The minimum Gasteiger partial charge on any atom is -0.474 e. The third kappa shape index (κ3) is 6.60. The van der Waals surface area contributed by atoms with Crippen molar-refractivity contribution in [2.45, 2.75) is 70.6 Å². The van der Waals surface area contributed by atoms with E-state index in [1.807, 2.05) is 19.1 Å².